The molecular formula is CH5N3O2. The molecule has 0 fully saturated rings. The zero-order chi connectivity index (χ0) is 4.99. The number of rotatable bonds is 2. The minimum absolute atomic E-state index is 0.375. The van der Waals surface area contributed by atoms with E-state index in [-0.39, 0.29) is 6.67 Å². The summed E-state index contributed by atoms with van der Waals surface area (Å²) in [5.41, 5.74) is 1.87. The second-order valence-corrected chi connectivity index (χ2v) is 0.695. The highest BCUT2D eigenvalue weighted by Crippen LogP contribution is 1.52. The first kappa shape index (κ1) is 5.32. The van der Waals surface area contributed by atoms with E-state index >= 15 is 0 Å². The Hall–Kier alpha value is -0.680. The maximum atomic E-state index is 9.26. The second kappa shape index (κ2) is 2.55. The van der Waals surface area contributed by atoms with Gasteiger partial charge in [-0.2, -0.15) is 5.43 Å². The molecule has 0 aromatic carbocycles. The first-order chi connectivity index (χ1) is 2.77. The molecule has 0 aromatic rings. The summed E-state index contributed by atoms with van der Waals surface area (Å²) >= 11 is 0. The Bertz CT molecular complexity index is 52.8. The molecule has 0 spiro atoms. The average molecular weight is 91.1 g/mol. The molecule has 0 rings (SSSR count). The van der Waals surface area contributed by atoms with Crippen molar-refractivity contribution in [1.29, 1.82) is 0 Å². The van der Waals surface area contributed by atoms with Crippen LogP contribution < -0.4 is 11.3 Å². The molecule has 5 heteroatoms. The van der Waals surface area contributed by atoms with Crippen molar-refractivity contribution in [3.05, 3.63) is 10.1 Å². The molecule has 0 unspecified atom stereocenters. The lowest BCUT2D eigenvalue weighted by Crippen LogP contribution is -2.28. The molecule has 0 aromatic heterocycles. The van der Waals surface area contributed by atoms with Crippen LogP contribution in [-0.2, 0) is 0 Å². The van der Waals surface area contributed by atoms with Crippen molar-refractivity contribution in [3.63, 3.8) is 0 Å². The summed E-state index contributed by atoms with van der Waals surface area (Å²) in [5.74, 6) is 4.54. The number of nitrogens with one attached hydrogen (secondary N) is 1. The van der Waals surface area contributed by atoms with Crippen molar-refractivity contribution in [2.75, 3.05) is 6.67 Å². The molecule has 0 atom stereocenters. The van der Waals surface area contributed by atoms with Crippen molar-refractivity contribution in [1.82, 2.24) is 5.43 Å². The standard InChI is InChI=1S/CH5N3O2/c2-3-1-4(5)6/h3H,1-2H2. The van der Waals surface area contributed by atoms with Crippen LogP contribution in [-0.4, -0.2) is 11.6 Å². The third kappa shape index (κ3) is 3.32. The van der Waals surface area contributed by atoms with Crippen LogP contribution in [0.4, 0.5) is 0 Å². The summed E-state index contributed by atoms with van der Waals surface area (Å²) in [6, 6.07) is 0. The Balaban J connectivity index is 2.83. The van der Waals surface area contributed by atoms with Gasteiger partial charge in [0.1, 0.15) is 0 Å². The number of nitro groups is 1. The van der Waals surface area contributed by atoms with Gasteiger partial charge in [0.15, 0.2) is 0 Å². The molecule has 5 nitrogen and oxygen atoms in total. The first-order valence-corrected chi connectivity index (χ1v) is 1.32. The minimum atomic E-state index is -0.556. The van der Waals surface area contributed by atoms with Gasteiger partial charge in [0.25, 0.3) is 6.67 Å². The van der Waals surface area contributed by atoms with Crippen LogP contribution >= 0.6 is 0 Å². The molecule has 0 aliphatic rings. The third-order valence-electron chi connectivity index (χ3n) is 0.220. The Labute approximate surface area is 34.3 Å². The van der Waals surface area contributed by atoms with Crippen LogP contribution in [0.2, 0.25) is 0 Å². The summed E-state index contributed by atoms with van der Waals surface area (Å²) in [6.45, 7) is -0.375. The zero-order valence-corrected chi connectivity index (χ0v) is 3.05. The van der Waals surface area contributed by atoms with E-state index in [1.807, 2.05) is 5.43 Å². The van der Waals surface area contributed by atoms with Gasteiger partial charge in [-0.05, 0) is 0 Å². The molecule has 3 N–H and O–H groups in total. The molecule has 0 aliphatic heterocycles. The number of hydrogen-bond donors (Lipinski definition) is 2. The zero-order valence-electron chi connectivity index (χ0n) is 3.05. The predicted octanol–water partition coefficient (Wildman–Crippen LogP) is -1.32. The van der Waals surface area contributed by atoms with Gasteiger partial charge < -0.3 is 0 Å². The lowest BCUT2D eigenvalue weighted by molar-refractivity contribution is -0.485. The summed E-state index contributed by atoms with van der Waals surface area (Å²) in [4.78, 5) is 8.71. The fourth-order valence-corrected chi connectivity index (χ4v) is 0.0745. The fraction of sp³-hybridized carbons (Fsp3) is 1.00. The van der Waals surface area contributed by atoms with Crippen LogP contribution in [0.3, 0.4) is 0 Å². The number of nitrogens with two attached hydrogens (primary N) is 1. The Morgan fingerprint density at radius 2 is 2.50 bits per heavy atom. The molecule has 36 valence electrons. The maximum Gasteiger partial charge on any atom is 0.268 e. The first-order valence-electron chi connectivity index (χ1n) is 1.32. The fourth-order valence-electron chi connectivity index (χ4n) is 0.0745. The SMILES string of the molecule is NNC[N+](=O)[O-]. The van der Waals surface area contributed by atoms with Crippen molar-refractivity contribution >= 4 is 0 Å². The number of hydrogen-bond acceptors (Lipinski definition) is 4. The molecule has 0 bridgehead atoms. The smallest absolute Gasteiger partial charge is 0.266 e. The summed E-state index contributed by atoms with van der Waals surface area (Å²) in [7, 11) is 0. The van der Waals surface area contributed by atoms with Crippen molar-refractivity contribution in [2.24, 2.45) is 5.84 Å². The maximum absolute atomic E-state index is 9.26. The molecular weight excluding hydrogens is 86.0 g/mol. The van der Waals surface area contributed by atoms with Crippen molar-refractivity contribution in [3.8, 4) is 0 Å². The van der Waals surface area contributed by atoms with Crippen molar-refractivity contribution < 1.29 is 4.92 Å². The van der Waals surface area contributed by atoms with Gasteiger partial charge in [-0.15, -0.1) is 0 Å². The Morgan fingerprint density at radius 3 is 2.50 bits per heavy atom. The van der Waals surface area contributed by atoms with Gasteiger partial charge >= 0.3 is 0 Å². The van der Waals surface area contributed by atoms with Gasteiger partial charge in [0, 0.05) is 4.92 Å². The number of hydrazine groups is 1. The average Bonchev–Trinajstić information content (AvgIpc) is 1.35. The van der Waals surface area contributed by atoms with Gasteiger partial charge in [0.05, 0.1) is 0 Å². The van der Waals surface area contributed by atoms with Gasteiger partial charge in [-0.3, -0.25) is 16.0 Å². The van der Waals surface area contributed by atoms with E-state index in [2.05, 4.69) is 5.84 Å². The van der Waals surface area contributed by atoms with Crippen LogP contribution in [0.1, 0.15) is 0 Å². The third-order valence-corrected chi connectivity index (χ3v) is 0.220. The number of nitrogens with zero attached hydrogens (tertiary/aromatic N) is 1. The monoisotopic (exact) mass is 91.0 g/mol. The highest BCUT2D eigenvalue weighted by Gasteiger charge is 1.84. The van der Waals surface area contributed by atoms with Gasteiger partial charge in [0.2, 0.25) is 0 Å². The molecule has 0 saturated carbocycles. The Morgan fingerprint density at radius 1 is 2.00 bits per heavy atom. The lowest BCUT2D eigenvalue weighted by Gasteiger charge is -1.83. The predicted molar refractivity (Wildman–Crippen MR) is 19.2 cm³/mol. The van der Waals surface area contributed by atoms with Gasteiger partial charge in [-0.1, -0.05) is 0 Å². The summed E-state index contributed by atoms with van der Waals surface area (Å²) in [5, 5.41) is 9.26. The molecule has 0 amide bonds. The molecule has 0 saturated heterocycles. The van der Waals surface area contributed by atoms with E-state index in [0.717, 1.165) is 0 Å². The molecule has 6 heavy (non-hydrogen) atoms. The van der Waals surface area contributed by atoms with E-state index in [1.165, 1.54) is 0 Å². The lowest BCUT2D eigenvalue weighted by atomic mass is 11.2. The van der Waals surface area contributed by atoms with Gasteiger partial charge in [-0.25, -0.2) is 0 Å². The highest BCUT2D eigenvalue weighted by atomic mass is 16.6. The summed E-state index contributed by atoms with van der Waals surface area (Å²) in [6.07, 6.45) is 0. The topological polar surface area (TPSA) is 81.2 Å². The normalized spacial score (nSPS) is 8.17. The van der Waals surface area contributed by atoms with Crippen LogP contribution in [0, 0.1) is 10.1 Å². The quantitative estimate of drug-likeness (QED) is 0.191. The van der Waals surface area contributed by atoms with Crippen LogP contribution in [0.25, 0.3) is 0 Å². The molecule has 0 aliphatic carbocycles. The molecule has 0 heterocycles. The highest BCUT2D eigenvalue weighted by molar-refractivity contribution is 4.08. The van der Waals surface area contributed by atoms with Crippen LogP contribution in [0.15, 0.2) is 0 Å². The van der Waals surface area contributed by atoms with E-state index in [9.17, 15) is 10.1 Å². The molecule has 0 radical (unpaired) electrons. The van der Waals surface area contributed by atoms with Crippen LogP contribution in [0.5, 0.6) is 0 Å². The second-order valence-electron chi connectivity index (χ2n) is 0.695. The summed E-state index contributed by atoms with van der Waals surface area (Å²) < 4.78 is 0. The van der Waals surface area contributed by atoms with Crippen molar-refractivity contribution in [2.45, 2.75) is 0 Å². The minimum Gasteiger partial charge on any atom is -0.266 e. The van der Waals surface area contributed by atoms with E-state index in [4.69, 9.17) is 0 Å². The largest absolute Gasteiger partial charge is 0.268 e. The Kier molecular flexibility index (Phi) is 2.26. The van der Waals surface area contributed by atoms with E-state index in [1.54, 1.807) is 0 Å². The van der Waals surface area contributed by atoms with E-state index < -0.39 is 4.92 Å². The van der Waals surface area contributed by atoms with E-state index in [0.29, 0.717) is 0 Å².